The number of nitrogens with one attached hydrogen (secondary N) is 2. The number of halogens is 2. The number of esters is 1. The fourth-order valence-electron chi connectivity index (χ4n) is 3.48. The van der Waals surface area contributed by atoms with Crippen molar-refractivity contribution < 1.29 is 37.4 Å². The van der Waals surface area contributed by atoms with E-state index in [9.17, 15) is 24.1 Å². The van der Waals surface area contributed by atoms with Gasteiger partial charge in [-0.15, -0.1) is 0 Å². The van der Waals surface area contributed by atoms with E-state index in [1.807, 2.05) is 4.98 Å². The quantitative estimate of drug-likeness (QED) is 0.289. The molecule has 15 heteroatoms. The Morgan fingerprint density at radius 2 is 1.95 bits per heavy atom. The SMILES string of the molecule is CC(C)OC(=O)[C@H](C)NP(=O)(OC[C@H]1O[C@@H](n2ccc(=O)[nH]c2=O)C(C)(F)[C@@H]1O)Oc1ccc(Cl)cc1. The molecule has 1 aromatic heterocycles. The second-order valence-corrected chi connectivity index (χ2v) is 10.9. The molecule has 6 atom stereocenters. The first-order valence-corrected chi connectivity index (χ1v) is 13.2. The molecule has 1 fully saturated rings. The van der Waals surface area contributed by atoms with E-state index in [1.165, 1.54) is 31.2 Å². The van der Waals surface area contributed by atoms with Gasteiger partial charge in [-0.05, 0) is 52.0 Å². The number of carbonyl (C=O) groups is 1. The summed E-state index contributed by atoms with van der Waals surface area (Å²) in [5, 5.41) is 13.4. The standard InChI is InChI=1S/C22H28ClFN3O9P/c1-12(2)34-19(30)13(3)26-37(32,36-15-7-5-14(23)6-8-15)33-11-16-18(29)22(4,24)20(35-16)27-10-9-17(28)25-21(27)31/h5-10,12-13,16,18,20,29H,11H2,1-4H3,(H,26,32)(H,25,28,31)/t13-,16+,18+,20+,22?,37?/m0/s1. The van der Waals surface area contributed by atoms with Gasteiger partial charge < -0.3 is 19.1 Å². The summed E-state index contributed by atoms with van der Waals surface area (Å²) in [6.07, 6.45) is -4.29. The van der Waals surface area contributed by atoms with E-state index < -0.39 is 67.8 Å². The molecule has 204 valence electrons. The summed E-state index contributed by atoms with van der Waals surface area (Å²) in [7, 11) is -4.36. The van der Waals surface area contributed by atoms with Crippen molar-refractivity contribution in [3.05, 3.63) is 62.4 Å². The molecule has 37 heavy (non-hydrogen) atoms. The Kier molecular flexibility index (Phi) is 8.99. The van der Waals surface area contributed by atoms with Gasteiger partial charge in [0.25, 0.3) is 5.56 Å². The first-order valence-electron chi connectivity index (χ1n) is 11.2. The van der Waals surface area contributed by atoms with Gasteiger partial charge >= 0.3 is 19.4 Å². The number of nitrogens with zero attached hydrogens (tertiary/aromatic N) is 1. The Bertz CT molecular complexity index is 1270. The number of benzene rings is 1. The van der Waals surface area contributed by atoms with E-state index >= 15 is 4.39 Å². The molecule has 12 nitrogen and oxygen atoms in total. The normalized spacial score (nSPS) is 26.0. The van der Waals surface area contributed by atoms with Gasteiger partial charge in [0, 0.05) is 17.3 Å². The molecule has 1 aliphatic rings. The van der Waals surface area contributed by atoms with Gasteiger partial charge in [0.05, 0.1) is 12.7 Å². The first-order chi connectivity index (χ1) is 17.2. The molecule has 3 N–H and O–H groups in total. The maximum Gasteiger partial charge on any atom is 0.459 e. The minimum absolute atomic E-state index is 0.0746. The van der Waals surface area contributed by atoms with Gasteiger partial charge in [-0.1, -0.05) is 11.6 Å². The van der Waals surface area contributed by atoms with E-state index in [0.717, 1.165) is 23.8 Å². The van der Waals surface area contributed by atoms with Gasteiger partial charge in [0.2, 0.25) is 0 Å². The molecule has 1 aliphatic heterocycles. The highest BCUT2D eigenvalue weighted by atomic mass is 35.5. The van der Waals surface area contributed by atoms with Crippen LogP contribution in [-0.4, -0.2) is 57.3 Å². The lowest BCUT2D eigenvalue weighted by Crippen LogP contribution is -2.43. The van der Waals surface area contributed by atoms with E-state index in [-0.39, 0.29) is 5.75 Å². The first kappa shape index (κ1) is 29.0. The Hall–Kier alpha value is -2.54. The van der Waals surface area contributed by atoms with Crippen molar-refractivity contribution in [2.45, 2.75) is 63.9 Å². The highest BCUT2D eigenvalue weighted by molar-refractivity contribution is 7.52. The molecule has 0 saturated carbocycles. The Morgan fingerprint density at radius 1 is 1.30 bits per heavy atom. The molecule has 2 aromatic rings. The lowest BCUT2D eigenvalue weighted by Gasteiger charge is -2.25. The fraction of sp³-hybridized carbons (Fsp3) is 0.500. The Labute approximate surface area is 216 Å². The van der Waals surface area contributed by atoms with Gasteiger partial charge in [-0.2, -0.15) is 5.09 Å². The molecular formula is C22H28ClFN3O9P. The number of aromatic nitrogens is 2. The zero-order valence-electron chi connectivity index (χ0n) is 20.4. The molecule has 3 rings (SSSR count). The van der Waals surface area contributed by atoms with E-state index in [2.05, 4.69) is 5.09 Å². The Balaban J connectivity index is 1.81. The van der Waals surface area contributed by atoms with Gasteiger partial charge in [0.15, 0.2) is 11.9 Å². The van der Waals surface area contributed by atoms with Crippen LogP contribution in [0, 0.1) is 0 Å². The zero-order valence-corrected chi connectivity index (χ0v) is 22.1. The molecule has 0 spiro atoms. The molecular weight excluding hydrogens is 536 g/mol. The summed E-state index contributed by atoms with van der Waals surface area (Å²) < 4.78 is 51.4. The third kappa shape index (κ3) is 7.07. The summed E-state index contributed by atoms with van der Waals surface area (Å²) >= 11 is 5.87. The van der Waals surface area contributed by atoms with Crippen LogP contribution >= 0.6 is 19.3 Å². The number of rotatable bonds is 10. The minimum Gasteiger partial charge on any atom is -0.462 e. The lowest BCUT2D eigenvalue weighted by molar-refractivity contribution is -0.149. The summed E-state index contributed by atoms with van der Waals surface area (Å²) in [4.78, 5) is 37.8. The van der Waals surface area contributed by atoms with Crippen molar-refractivity contribution in [3.8, 4) is 5.75 Å². The van der Waals surface area contributed by atoms with E-state index in [4.69, 9.17) is 30.1 Å². The van der Waals surface area contributed by atoms with E-state index in [0.29, 0.717) is 5.02 Å². The van der Waals surface area contributed by atoms with Crippen molar-refractivity contribution in [2.24, 2.45) is 0 Å². The van der Waals surface area contributed by atoms with Crippen LogP contribution in [0.1, 0.15) is 33.9 Å². The largest absolute Gasteiger partial charge is 0.462 e. The maximum atomic E-state index is 15.5. The summed E-state index contributed by atoms with van der Waals surface area (Å²) in [5.41, 5.74) is -4.15. The fourth-order valence-corrected chi connectivity index (χ4v) is 5.11. The molecule has 1 saturated heterocycles. The number of H-pyrrole nitrogens is 1. The molecule has 0 amide bonds. The molecule has 0 bridgehead atoms. The van der Waals surface area contributed by atoms with Crippen LogP contribution in [0.5, 0.6) is 5.75 Å². The summed E-state index contributed by atoms with van der Waals surface area (Å²) in [6, 6.07) is 5.62. The topological polar surface area (TPSA) is 158 Å². The van der Waals surface area contributed by atoms with Crippen molar-refractivity contribution in [1.29, 1.82) is 0 Å². The third-order valence-electron chi connectivity index (χ3n) is 5.33. The molecule has 0 aliphatic carbocycles. The van der Waals surface area contributed by atoms with Crippen LogP contribution in [0.25, 0.3) is 0 Å². The summed E-state index contributed by atoms with van der Waals surface area (Å²) in [6.45, 7) is 5.00. The number of alkyl halides is 1. The maximum absolute atomic E-state index is 15.5. The second kappa shape index (κ2) is 11.5. The van der Waals surface area contributed by atoms with Crippen LogP contribution in [0.3, 0.4) is 0 Å². The highest BCUT2D eigenvalue weighted by Gasteiger charge is 2.55. The smallest absolute Gasteiger partial charge is 0.459 e. The van der Waals surface area contributed by atoms with Gasteiger partial charge in [-0.3, -0.25) is 23.7 Å². The van der Waals surface area contributed by atoms with Crippen molar-refractivity contribution in [2.75, 3.05) is 6.61 Å². The number of aliphatic hydroxyl groups excluding tert-OH is 1. The molecule has 2 heterocycles. The number of aliphatic hydroxyl groups is 1. The number of ether oxygens (including phenoxy) is 2. The predicted molar refractivity (Wildman–Crippen MR) is 130 cm³/mol. The predicted octanol–water partition coefficient (Wildman–Crippen LogP) is 2.31. The van der Waals surface area contributed by atoms with Crippen molar-refractivity contribution in [1.82, 2.24) is 14.6 Å². The van der Waals surface area contributed by atoms with E-state index in [1.54, 1.807) is 13.8 Å². The van der Waals surface area contributed by atoms with Crippen LogP contribution in [0.2, 0.25) is 5.02 Å². The number of aromatic amines is 1. The minimum atomic E-state index is -4.36. The monoisotopic (exact) mass is 563 g/mol. The van der Waals surface area contributed by atoms with Crippen molar-refractivity contribution in [3.63, 3.8) is 0 Å². The average molecular weight is 564 g/mol. The van der Waals surface area contributed by atoms with Crippen LogP contribution in [-0.2, 0) is 23.4 Å². The lowest BCUT2D eigenvalue weighted by atomic mass is 9.98. The van der Waals surface area contributed by atoms with Gasteiger partial charge in [-0.25, -0.2) is 13.8 Å². The average Bonchev–Trinajstić information content (AvgIpc) is 3.02. The number of hydrogen-bond acceptors (Lipinski definition) is 9. The Morgan fingerprint density at radius 3 is 2.54 bits per heavy atom. The number of carbonyl (C=O) groups excluding carboxylic acids is 1. The summed E-state index contributed by atoms with van der Waals surface area (Å²) in [5.74, 6) is -0.657. The van der Waals surface area contributed by atoms with Gasteiger partial charge in [0.1, 0.15) is 24.0 Å². The highest BCUT2D eigenvalue weighted by Crippen LogP contribution is 2.47. The molecule has 2 unspecified atom stereocenters. The number of hydrogen-bond donors (Lipinski definition) is 3. The third-order valence-corrected chi connectivity index (χ3v) is 7.22. The molecule has 0 radical (unpaired) electrons. The van der Waals surface area contributed by atoms with Crippen LogP contribution < -0.4 is 20.9 Å². The van der Waals surface area contributed by atoms with Crippen LogP contribution in [0.4, 0.5) is 4.39 Å². The zero-order chi connectivity index (χ0) is 27.5. The van der Waals surface area contributed by atoms with Crippen LogP contribution in [0.15, 0.2) is 46.1 Å². The van der Waals surface area contributed by atoms with Crippen molar-refractivity contribution >= 4 is 25.3 Å². The molecule has 1 aromatic carbocycles. The second-order valence-electron chi connectivity index (χ2n) is 8.82.